The standard InChI is InChI=1S/C11H13ClN4/c1-11(2,9-14-10(13)16-15-9)7-5-3-4-6-8(7)12/h3-6H,1-2H3,(H3,13,14,15,16). The van der Waals surface area contributed by atoms with Crippen molar-refractivity contribution in [1.82, 2.24) is 15.2 Å². The molecular formula is C11H13ClN4. The van der Waals surface area contributed by atoms with Crippen molar-refractivity contribution in [2.75, 3.05) is 5.73 Å². The highest BCUT2D eigenvalue weighted by Gasteiger charge is 2.28. The van der Waals surface area contributed by atoms with Crippen LogP contribution in [-0.4, -0.2) is 15.2 Å². The zero-order valence-electron chi connectivity index (χ0n) is 9.16. The Labute approximate surface area is 98.8 Å². The Balaban J connectivity index is 2.50. The van der Waals surface area contributed by atoms with Crippen LogP contribution in [0.4, 0.5) is 5.95 Å². The summed E-state index contributed by atoms with van der Waals surface area (Å²) in [5, 5.41) is 7.37. The van der Waals surface area contributed by atoms with Gasteiger partial charge in [-0.3, -0.25) is 5.10 Å². The molecule has 0 aliphatic rings. The Kier molecular flexibility index (Phi) is 2.59. The van der Waals surface area contributed by atoms with E-state index in [0.29, 0.717) is 10.8 Å². The molecule has 0 amide bonds. The summed E-state index contributed by atoms with van der Waals surface area (Å²) in [6.07, 6.45) is 0. The summed E-state index contributed by atoms with van der Waals surface area (Å²) >= 11 is 6.17. The number of nitrogens with two attached hydrogens (primary N) is 1. The third kappa shape index (κ3) is 1.76. The largest absolute Gasteiger partial charge is 0.367 e. The Bertz CT molecular complexity index is 504. The number of nitrogens with zero attached hydrogens (tertiary/aromatic N) is 2. The first kappa shape index (κ1) is 11.0. The molecule has 0 spiro atoms. The van der Waals surface area contributed by atoms with Crippen LogP contribution >= 0.6 is 11.6 Å². The zero-order valence-corrected chi connectivity index (χ0v) is 9.92. The van der Waals surface area contributed by atoms with E-state index >= 15 is 0 Å². The van der Waals surface area contributed by atoms with Crippen LogP contribution in [0.3, 0.4) is 0 Å². The molecule has 0 saturated heterocycles. The van der Waals surface area contributed by atoms with Gasteiger partial charge in [-0.15, -0.1) is 5.10 Å². The van der Waals surface area contributed by atoms with Gasteiger partial charge in [0, 0.05) is 5.02 Å². The van der Waals surface area contributed by atoms with Crippen LogP contribution in [0.25, 0.3) is 0 Å². The highest BCUT2D eigenvalue weighted by atomic mass is 35.5. The molecule has 1 aromatic carbocycles. The number of nitrogens with one attached hydrogen (secondary N) is 1. The first-order chi connectivity index (χ1) is 7.51. The van der Waals surface area contributed by atoms with Crippen molar-refractivity contribution >= 4 is 17.5 Å². The van der Waals surface area contributed by atoms with Crippen molar-refractivity contribution in [3.8, 4) is 0 Å². The van der Waals surface area contributed by atoms with E-state index in [4.69, 9.17) is 17.3 Å². The number of nitrogen functional groups attached to an aromatic ring is 1. The number of hydrogen-bond donors (Lipinski definition) is 2. The second-order valence-electron chi connectivity index (χ2n) is 4.15. The van der Waals surface area contributed by atoms with Gasteiger partial charge in [-0.1, -0.05) is 29.8 Å². The lowest BCUT2D eigenvalue weighted by Crippen LogP contribution is -2.21. The fourth-order valence-electron chi connectivity index (χ4n) is 1.65. The summed E-state index contributed by atoms with van der Waals surface area (Å²) in [6, 6.07) is 7.68. The fraction of sp³-hybridized carbons (Fsp3) is 0.273. The quantitative estimate of drug-likeness (QED) is 0.841. The number of H-pyrrole nitrogens is 1. The maximum atomic E-state index is 6.17. The summed E-state index contributed by atoms with van der Waals surface area (Å²) in [7, 11) is 0. The van der Waals surface area contributed by atoms with E-state index < -0.39 is 0 Å². The summed E-state index contributed by atoms with van der Waals surface area (Å²) < 4.78 is 0. The Hall–Kier alpha value is -1.55. The highest BCUT2D eigenvalue weighted by Crippen LogP contribution is 2.33. The van der Waals surface area contributed by atoms with Gasteiger partial charge in [-0.25, -0.2) is 0 Å². The summed E-state index contributed by atoms with van der Waals surface area (Å²) in [6.45, 7) is 4.04. The highest BCUT2D eigenvalue weighted by molar-refractivity contribution is 6.31. The predicted octanol–water partition coefficient (Wildman–Crippen LogP) is 2.37. The second kappa shape index (κ2) is 3.79. The van der Waals surface area contributed by atoms with Gasteiger partial charge in [0.15, 0.2) is 0 Å². The molecule has 0 saturated carbocycles. The molecule has 0 bridgehead atoms. The Morgan fingerprint density at radius 2 is 2.00 bits per heavy atom. The Morgan fingerprint density at radius 3 is 2.56 bits per heavy atom. The van der Waals surface area contributed by atoms with Gasteiger partial charge >= 0.3 is 0 Å². The summed E-state index contributed by atoms with van der Waals surface area (Å²) in [5.41, 5.74) is 6.15. The number of anilines is 1. The molecule has 0 fully saturated rings. The predicted molar refractivity (Wildman–Crippen MR) is 64.4 cm³/mol. The lowest BCUT2D eigenvalue weighted by molar-refractivity contribution is 0.594. The van der Waals surface area contributed by atoms with Crippen molar-refractivity contribution in [2.24, 2.45) is 0 Å². The monoisotopic (exact) mass is 236 g/mol. The number of aromatic nitrogens is 3. The minimum Gasteiger partial charge on any atom is -0.367 e. The van der Waals surface area contributed by atoms with Crippen LogP contribution in [-0.2, 0) is 5.41 Å². The first-order valence-electron chi connectivity index (χ1n) is 4.95. The van der Waals surface area contributed by atoms with Crippen molar-refractivity contribution in [2.45, 2.75) is 19.3 Å². The van der Waals surface area contributed by atoms with Crippen LogP contribution in [0.15, 0.2) is 24.3 Å². The maximum Gasteiger partial charge on any atom is 0.239 e. The average molecular weight is 237 g/mol. The molecule has 0 aliphatic heterocycles. The molecule has 84 valence electrons. The van der Waals surface area contributed by atoms with Crippen LogP contribution < -0.4 is 5.73 Å². The molecule has 0 radical (unpaired) electrons. The zero-order chi connectivity index (χ0) is 11.8. The molecule has 0 aliphatic carbocycles. The van der Waals surface area contributed by atoms with Gasteiger partial charge in [0.1, 0.15) is 5.82 Å². The third-order valence-electron chi connectivity index (χ3n) is 2.64. The third-order valence-corrected chi connectivity index (χ3v) is 2.97. The van der Waals surface area contributed by atoms with Crippen LogP contribution in [0, 0.1) is 0 Å². The number of rotatable bonds is 2. The maximum absolute atomic E-state index is 6.17. The van der Waals surface area contributed by atoms with E-state index in [1.165, 1.54) is 0 Å². The molecule has 0 atom stereocenters. The van der Waals surface area contributed by atoms with Crippen molar-refractivity contribution in [3.63, 3.8) is 0 Å². The summed E-state index contributed by atoms with van der Waals surface area (Å²) in [4.78, 5) is 4.15. The Morgan fingerprint density at radius 1 is 1.31 bits per heavy atom. The van der Waals surface area contributed by atoms with Gasteiger partial charge in [0.05, 0.1) is 5.41 Å². The number of hydrogen-bond acceptors (Lipinski definition) is 3. The van der Waals surface area contributed by atoms with Crippen molar-refractivity contribution < 1.29 is 0 Å². The van der Waals surface area contributed by atoms with Crippen LogP contribution in [0.2, 0.25) is 5.02 Å². The van der Waals surface area contributed by atoms with Crippen LogP contribution in [0.1, 0.15) is 25.2 Å². The van der Waals surface area contributed by atoms with E-state index in [1.54, 1.807) is 0 Å². The van der Waals surface area contributed by atoms with Crippen molar-refractivity contribution in [3.05, 3.63) is 40.7 Å². The van der Waals surface area contributed by atoms with Gasteiger partial charge in [-0.05, 0) is 25.5 Å². The minimum atomic E-state index is -0.344. The molecule has 4 nitrogen and oxygen atoms in total. The van der Waals surface area contributed by atoms with Crippen molar-refractivity contribution in [1.29, 1.82) is 0 Å². The fourth-order valence-corrected chi connectivity index (χ4v) is 2.02. The van der Waals surface area contributed by atoms with Gasteiger partial charge in [0.2, 0.25) is 5.95 Å². The minimum absolute atomic E-state index is 0.245. The number of aromatic amines is 1. The molecular weight excluding hydrogens is 224 g/mol. The smallest absolute Gasteiger partial charge is 0.239 e. The second-order valence-corrected chi connectivity index (χ2v) is 4.55. The lowest BCUT2D eigenvalue weighted by Gasteiger charge is -2.23. The number of halogens is 1. The average Bonchev–Trinajstić information content (AvgIpc) is 2.66. The molecule has 5 heteroatoms. The topological polar surface area (TPSA) is 67.6 Å². The van der Waals surface area contributed by atoms with E-state index in [9.17, 15) is 0 Å². The molecule has 1 heterocycles. The molecule has 1 aromatic heterocycles. The van der Waals surface area contributed by atoms with Gasteiger partial charge in [-0.2, -0.15) is 4.98 Å². The normalized spacial score (nSPS) is 11.7. The lowest BCUT2D eigenvalue weighted by atomic mass is 9.84. The van der Waals surface area contributed by atoms with Crippen LogP contribution in [0.5, 0.6) is 0 Å². The molecule has 0 unspecified atom stereocenters. The molecule has 3 N–H and O–H groups in total. The van der Waals surface area contributed by atoms with E-state index in [-0.39, 0.29) is 11.4 Å². The van der Waals surface area contributed by atoms with E-state index in [0.717, 1.165) is 5.56 Å². The van der Waals surface area contributed by atoms with E-state index in [2.05, 4.69) is 15.2 Å². The van der Waals surface area contributed by atoms with Gasteiger partial charge < -0.3 is 5.73 Å². The van der Waals surface area contributed by atoms with E-state index in [1.807, 2.05) is 38.1 Å². The first-order valence-corrected chi connectivity index (χ1v) is 5.33. The van der Waals surface area contributed by atoms with Gasteiger partial charge in [0.25, 0.3) is 0 Å². The molecule has 16 heavy (non-hydrogen) atoms. The SMILES string of the molecule is CC(C)(c1nc(N)n[nH]1)c1ccccc1Cl. The number of benzene rings is 1. The summed E-state index contributed by atoms with van der Waals surface area (Å²) in [5.74, 6) is 0.952. The molecule has 2 aromatic rings. The molecule has 2 rings (SSSR count).